The summed E-state index contributed by atoms with van der Waals surface area (Å²) >= 11 is 0.962. The molecule has 2 aromatic rings. The molecule has 0 aliphatic carbocycles. The highest BCUT2D eigenvalue weighted by atomic mass is 32.1. The van der Waals surface area contributed by atoms with Gasteiger partial charge in [-0.05, 0) is 56.4 Å². The second-order valence-electron chi connectivity index (χ2n) is 8.07. The maximum Gasteiger partial charge on any atom is 0.286 e. The van der Waals surface area contributed by atoms with Gasteiger partial charge in [0.05, 0.1) is 13.0 Å². The zero-order valence-electron chi connectivity index (χ0n) is 18.1. The van der Waals surface area contributed by atoms with Crippen molar-refractivity contribution in [2.45, 2.75) is 32.1 Å². The van der Waals surface area contributed by atoms with Crippen LogP contribution in [0.25, 0.3) is 0 Å². The molecule has 0 saturated carbocycles. The lowest BCUT2D eigenvalue weighted by Crippen LogP contribution is -2.47. The molecule has 3 amide bonds. The Morgan fingerprint density at radius 1 is 0.969 bits per heavy atom. The van der Waals surface area contributed by atoms with Gasteiger partial charge in [0.15, 0.2) is 0 Å². The fourth-order valence-electron chi connectivity index (χ4n) is 4.13. The number of nitrogens with zero attached hydrogens (tertiary/aromatic N) is 4. The van der Waals surface area contributed by atoms with E-state index in [1.807, 2.05) is 4.90 Å². The maximum atomic E-state index is 13.0. The summed E-state index contributed by atoms with van der Waals surface area (Å²) in [6, 6.07) is 6.92. The Hall–Kier alpha value is -3.01. The van der Waals surface area contributed by atoms with E-state index in [1.165, 1.54) is 6.42 Å². The van der Waals surface area contributed by atoms with Crippen LogP contribution in [-0.2, 0) is 4.79 Å². The van der Waals surface area contributed by atoms with Gasteiger partial charge in [0, 0.05) is 31.9 Å². The zero-order valence-corrected chi connectivity index (χ0v) is 18.9. The summed E-state index contributed by atoms with van der Waals surface area (Å²) in [6.45, 7) is 2.59. The number of hydrogen-bond donors (Lipinski definition) is 1. The minimum absolute atomic E-state index is 0.113. The predicted molar refractivity (Wildman–Crippen MR) is 120 cm³/mol. The molecule has 9 nitrogen and oxygen atoms in total. The van der Waals surface area contributed by atoms with E-state index in [2.05, 4.69) is 15.5 Å². The first-order valence-electron chi connectivity index (χ1n) is 10.9. The van der Waals surface area contributed by atoms with Crippen LogP contribution >= 0.6 is 11.3 Å². The normalized spacial score (nSPS) is 18.8. The van der Waals surface area contributed by atoms with Gasteiger partial charge in [-0.1, -0.05) is 11.3 Å². The molecule has 2 saturated heterocycles. The summed E-state index contributed by atoms with van der Waals surface area (Å²) in [5, 5.41) is 10.9. The van der Waals surface area contributed by atoms with Gasteiger partial charge in [-0.15, -0.1) is 10.2 Å². The molecule has 1 aromatic carbocycles. The summed E-state index contributed by atoms with van der Waals surface area (Å²) in [5.74, 6) is -0.0355. The van der Waals surface area contributed by atoms with E-state index in [9.17, 15) is 14.4 Å². The topological polar surface area (TPSA) is 105 Å². The van der Waals surface area contributed by atoms with Crippen molar-refractivity contribution in [3.8, 4) is 5.75 Å². The fraction of sp³-hybridized carbons (Fsp3) is 0.500. The lowest BCUT2D eigenvalue weighted by Gasteiger charge is -2.35. The van der Waals surface area contributed by atoms with E-state index in [0.29, 0.717) is 24.5 Å². The first-order chi connectivity index (χ1) is 15.5. The standard InChI is InChI=1S/C22H27N5O4S/c1-31-17-9-7-16(8-10-17)23-18(28)19-24-25-20(32-19)22(30)27-13-5-6-15(14-27)21(29)26-11-3-2-4-12-26/h7-10,15H,2-6,11-14H2,1H3,(H,23,28)/t15-/m0/s1. The lowest BCUT2D eigenvalue weighted by atomic mass is 9.95. The summed E-state index contributed by atoms with van der Waals surface area (Å²) in [6.07, 6.45) is 4.84. The van der Waals surface area contributed by atoms with Gasteiger partial charge in [0.1, 0.15) is 5.75 Å². The Morgan fingerprint density at radius 3 is 2.38 bits per heavy atom. The number of benzene rings is 1. The zero-order chi connectivity index (χ0) is 22.5. The fourth-order valence-corrected chi connectivity index (χ4v) is 4.84. The van der Waals surface area contributed by atoms with Crippen molar-refractivity contribution in [2.24, 2.45) is 5.92 Å². The molecule has 2 aliphatic rings. The largest absolute Gasteiger partial charge is 0.497 e. The summed E-state index contributed by atoms with van der Waals surface area (Å²) in [4.78, 5) is 41.9. The SMILES string of the molecule is COc1ccc(NC(=O)c2nnc(C(=O)N3CCC[C@H](C(=O)N4CCCCC4)C3)s2)cc1. The monoisotopic (exact) mass is 457 g/mol. The number of amides is 3. The Labute approximate surface area is 190 Å². The number of nitrogens with one attached hydrogen (secondary N) is 1. The number of likely N-dealkylation sites (tertiary alicyclic amines) is 2. The second kappa shape index (κ2) is 10.1. The van der Waals surface area contributed by atoms with E-state index in [4.69, 9.17) is 4.74 Å². The molecule has 2 aliphatic heterocycles. The summed E-state index contributed by atoms with van der Waals surface area (Å²) in [5.41, 5.74) is 0.592. The van der Waals surface area contributed by atoms with Crippen LogP contribution in [0.2, 0.25) is 0 Å². The smallest absolute Gasteiger partial charge is 0.286 e. The second-order valence-corrected chi connectivity index (χ2v) is 9.05. The minimum Gasteiger partial charge on any atom is -0.497 e. The van der Waals surface area contributed by atoms with E-state index in [1.54, 1.807) is 36.3 Å². The Bertz CT molecular complexity index is 971. The molecule has 170 valence electrons. The minimum atomic E-state index is -0.427. The molecule has 1 aromatic heterocycles. The van der Waals surface area contributed by atoms with Crippen molar-refractivity contribution in [1.82, 2.24) is 20.0 Å². The van der Waals surface area contributed by atoms with Gasteiger partial charge in [0.2, 0.25) is 15.9 Å². The maximum absolute atomic E-state index is 13.0. The molecule has 10 heteroatoms. The first kappa shape index (κ1) is 22.2. The van der Waals surface area contributed by atoms with Crippen LogP contribution in [0.1, 0.15) is 51.7 Å². The molecule has 32 heavy (non-hydrogen) atoms. The van der Waals surface area contributed by atoms with Gasteiger partial charge >= 0.3 is 0 Å². The number of ether oxygens (including phenoxy) is 1. The van der Waals surface area contributed by atoms with Crippen LogP contribution in [0.15, 0.2) is 24.3 Å². The highest BCUT2D eigenvalue weighted by molar-refractivity contribution is 7.15. The van der Waals surface area contributed by atoms with Crippen molar-refractivity contribution in [2.75, 3.05) is 38.6 Å². The average molecular weight is 458 g/mol. The number of anilines is 1. The Morgan fingerprint density at radius 2 is 1.66 bits per heavy atom. The number of carbonyl (C=O) groups is 3. The molecule has 1 N–H and O–H groups in total. The number of carbonyl (C=O) groups excluding carboxylic acids is 3. The number of rotatable bonds is 5. The Balaban J connectivity index is 1.36. The molecule has 3 heterocycles. The molecular formula is C22H27N5O4S. The molecule has 4 rings (SSSR count). The van der Waals surface area contributed by atoms with Crippen LogP contribution in [0.4, 0.5) is 5.69 Å². The molecule has 0 radical (unpaired) electrons. The van der Waals surface area contributed by atoms with E-state index in [0.717, 1.165) is 50.1 Å². The van der Waals surface area contributed by atoms with Gasteiger partial charge in [-0.2, -0.15) is 0 Å². The number of aromatic nitrogens is 2. The van der Waals surface area contributed by atoms with Gasteiger partial charge < -0.3 is 19.9 Å². The van der Waals surface area contributed by atoms with Crippen molar-refractivity contribution >= 4 is 34.7 Å². The van der Waals surface area contributed by atoms with Crippen molar-refractivity contribution in [3.63, 3.8) is 0 Å². The van der Waals surface area contributed by atoms with E-state index >= 15 is 0 Å². The summed E-state index contributed by atoms with van der Waals surface area (Å²) < 4.78 is 5.10. The van der Waals surface area contributed by atoms with Crippen molar-refractivity contribution < 1.29 is 19.1 Å². The highest BCUT2D eigenvalue weighted by Gasteiger charge is 2.33. The van der Waals surface area contributed by atoms with Gasteiger partial charge in [-0.25, -0.2) is 0 Å². The van der Waals surface area contributed by atoms with E-state index < -0.39 is 5.91 Å². The molecule has 0 bridgehead atoms. The third-order valence-electron chi connectivity index (χ3n) is 5.88. The van der Waals surface area contributed by atoms with Crippen molar-refractivity contribution in [1.29, 1.82) is 0 Å². The molecule has 1 atom stereocenters. The predicted octanol–water partition coefficient (Wildman–Crippen LogP) is 2.66. The first-order valence-corrected chi connectivity index (χ1v) is 11.7. The molecular weight excluding hydrogens is 430 g/mol. The Kier molecular flexibility index (Phi) is 6.99. The van der Waals surface area contributed by atoms with Crippen LogP contribution in [0.3, 0.4) is 0 Å². The molecule has 2 fully saturated rings. The van der Waals surface area contributed by atoms with Crippen molar-refractivity contribution in [3.05, 3.63) is 34.3 Å². The number of hydrogen-bond acceptors (Lipinski definition) is 7. The lowest BCUT2D eigenvalue weighted by molar-refractivity contribution is -0.137. The van der Waals surface area contributed by atoms with Crippen LogP contribution in [0, 0.1) is 5.92 Å². The van der Waals surface area contributed by atoms with Crippen LogP contribution in [0.5, 0.6) is 5.75 Å². The van der Waals surface area contributed by atoms with Gasteiger partial charge in [-0.3, -0.25) is 14.4 Å². The third kappa shape index (κ3) is 5.07. The average Bonchev–Trinajstić information content (AvgIpc) is 3.35. The van der Waals surface area contributed by atoms with Crippen LogP contribution < -0.4 is 10.1 Å². The number of methoxy groups -OCH3 is 1. The number of piperidine rings is 2. The quantitative estimate of drug-likeness (QED) is 0.740. The third-order valence-corrected chi connectivity index (χ3v) is 6.79. The van der Waals surface area contributed by atoms with Gasteiger partial charge in [0.25, 0.3) is 11.8 Å². The van der Waals surface area contributed by atoms with E-state index in [-0.39, 0.29) is 27.7 Å². The molecule has 0 unspecified atom stereocenters. The molecule has 0 spiro atoms. The highest BCUT2D eigenvalue weighted by Crippen LogP contribution is 2.24. The van der Waals surface area contributed by atoms with Crippen LogP contribution in [-0.4, -0.2) is 71.0 Å². The summed E-state index contributed by atoms with van der Waals surface area (Å²) in [7, 11) is 1.57.